The molecular formula is C14H27N3O4. The van der Waals surface area contributed by atoms with Gasteiger partial charge in [-0.15, -0.1) is 0 Å². The van der Waals surface area contributed by atoms with E-state index in [1.807, 2.05) is 27.7 Å². The molecule has 0 rings (SSSR count). The van der Waals surface area contributed by atoms with Crippen LogP contribution in [-0.4, -0.2) is 41.5 Å². The van der Waals surface area contributed by atoms with Crippen molar-refractivity contribution in [3.8, 4) is 0 Å². The van der Waals surface area contributed by atoms with Gasteiger partial charge >= 0.3 is 5.97 Å². The fraction of sp³-hybridized carbons (Fsp3) is 0.786. The minimum atomic E-state index is -1.08. The minimum absolute atomic E-state index is 0.139. The molecule has 0 aliphatic heterocycles. The highest BCUT2D eigenvalue weighted by Gasteiger charge is 2.22. The molecule has 0 aromatic carbocycles. The van der Waals surface area contributed by atoms with Crippen LogP contribution in [0.1, 0.15) is 40.5 Å². The molecule has 7 nitrogen and oxygen atoms in total. The number of carbonyl (C=O) groups excluding carboxylic acids is 2. The van der Waals surface area contributed by atoms with Crippen LogP contribution in [0, 0.1) is 11.8 Å². The minimum Gasteiger partial charge on any atom is -0.480 e. The maximum Gasteiger partial charge on any atom is 0.326 e. The number of rotatable bonds is 9. The molecule has 0 spiro atoms. The Morgan fingerprint density at radius 1 is 1.05 bits per heavy atom. The number of carbonyl (C=O) groups is 3. The first-order valence-electron chi connectivity index (χ1n) is 7.18. The molecule has 2 atom stereocenters. The Bertz CT molecular complexity index is 369. The average molecular weight is 301 g/mol. The summed E-state index contributed by atoms with van der Waals surface area (Å²) in [4.78, 5) is 34.3. The van der Waals surface area contributed by atoms with E-state index in [9.17, 15) is 14.4 Å². The van der Waals surface area contributed by atoms with Crippen molar-refractivity contribution in [1.29, 1.82) is 0 Å². The molecule has 7 heteroatoms. The van der Waals surface area contributed by atoms with Crippen molar-refractivity contribution in [2.75, 3.05) is 6.54 Å². The molecule has 21 heavy (non-hydrogen) atoms. The van der Waals surface area contributed by atoms with Crippen LogP contribution in [0.4, 0.5) is 0 Å². The first-order valence-corrected chi connectivity index (χ1v) is 7.18. The van der Waals surface area contributed by atoms with Gasteiger partial charge in [0.1, 0.15) is 6.04 Å². The average Bonchev–Trinajstić information content (AvgIpc) is 2.33. The maximum atomic E-state index is 11.7. The topological polar surface area (TPSA) is 122 Å². The highest BCUT2D eigenvalue weighted by atomic mass is 16.4. The van der Waals surface area contributed by atoms with Crippen molar-refractivity contribution >= 4 is 17.8 Å². The third-order valence-electron chi connectivity index (χ3n) is 2.83. The maximum absolute atomic E-state index is 11.7. The lowest BCUT2D eigenvalue weighted by Gasteiger charge is -2.17. The Hall–Kier alpha value is -1.63. The van der Waals surface area contributed by atoms with Crippen molar-refractivity contribution in [1.82, 2.24) is 10.6 Å². The van der Waals surface area contributed by atoms with E-state index in [2.05, 4.69) is 10.6 Å². The molecule has 0 fully saturated rings. The Morgan fingerprint density at radius 2 is 1.57 bits per heavy atom. The summed E-state index contributed by atoms with van der Waals surface area (Å²) in [5.74, 6) is -1.61. The van der Waals surface area contributed by atoms with Gasteiger partial charge in [-0.05, 0) is 24.7 Å². The van der Waals surface area contributed by atoms with Crippen LogP contribution in [0.2, 0.25) is 0 Å². The normalized spacial score (nSPS) is 13.9. The van der Waals surface area contributed by atoms with Crippen molar-refractivity contribution in [2.24, 2.45) is 17.6 Å². The summed E-state index contributed by atoms with van der Waals surface area (Å²) in [6.07, 6.45) is 0.862. The van der Waals surface area contributed by atoms with E-state index >= 15 is 0 Å². The lowest BCUT2D eigenvalue weighted by Crippen LogP contribution is -2.49. The Labute approximate surface area is 125 Å². The van der Waals surface area contributed by atoms with Gasteiger partial charge < -0.3 is 21.5 Å². The van der Waals surface area contributed by atoms with Crippen molar-refractivity contribution in [3.05, 3.63) is 0 Å². The molecule has 0 aliphatic rings. The van der Waals surface area contributed by atoms with Crippen molar-refractivity contribution in [3.63, 3.8) is 0 Å². The largest absolute Gasteiger partial charge is 0.480 e. The smallest absolute Gasteiger partial charge is 0.326 e. The highest BCUT2D eigenvalue weighted by molar-refractivity contribution is 5.89. The van der Waals surface area contributed by atoms with Crippen LogP contribution >= 0.6 is 0 Å². The van der Waals surface area contributed by atoms with E-state index in [0.29, 0.717) is 12.8 Å². The van der Waals surface area contributed by atoms with Gasteiger partial charge in [-0.2, -0.15) is 0 Å². The molecule has 0 heterocycles. The number of nitrogens with one attached hydrogen (secondary N) is 2. The van der Waals surface area contributed by atoms with Gasteiger partial charge in [0.15, 0.2) is 0 Å². The molecule has 2 unspecified atom stereocenters. The first kappa shape index (κ1) is 19.4. The molecule has 0 bridgehead atoms. The predicted molar refractivity (Wildman–Crippen MR) is 79.5 cm³/mol. The molecule has 0 radical (unpaired) electrons. The van der Waals surface area contributed by atoms with E-state index in [1.165, 1.54) is 0 Å². The summed E-state index contributed by atoms with van der Waals surface area (Å²) in [5, 5.41) is 13.8. The van der Waals surface area contributed by atoms with E-state index in [4.69, 9.17) is 10.8 Å². The number of hydrogen-bond donors (Lipinski definition) is 4. The number of carboxylic acids is 1. The number of amides is 2. The summed E-state index contributed by atoms with van der Waals surface area (Å²) in [5.41, 5.74) is 5.68. The summed E-state index contributed by atoms with van der Waals surface area (Å²) in [6, 6.07) is -1.61. The second-order valence-corrected chi connectivity index (χ2v) is 6.04. The summed E-state index contributed by atoms with van der Waals surface area (Å²) < 4.78 is 0. The Morgan fingerprint density at radius 3 is 2.00 bits per heavy atom. The fourth-order valence-electron chi connectivity index (χ4n) is 1.85. The van der Waals surface area contributed by atoms with E-state index in [-0.39, 0.29) is 18.4 Å². The zero-order chi connectivity index (χ0) is 16.6. The molecule has 0 saturated heterocycles. The van der Waals surface area contributed by atoms with Gasteiger partial charge in [-0.1, -0.05) is 27.7 Å². The van der Waals surface area contributed by atoms with Crippen LogP contribution in [-0.2, 0) is 14.4 Å². The third-order valence-corrected chi connectivity index (χ3v) is 2.83. The molecule has 122 valence electrons. The van der Waals surface area contributed by atoms with E-state index < -0.39 is 29.9 Å². The molecule has 0 saturated carbocycles. The highest BCUT2D eigenvalue weighted by Crippen LogP contribution is 2.05. The summed E-state index contributed by atoms with van der Waals surface area (Å²) >= 11 is 0. The third kappa shape index (κ3) is 9.01. The summed E-state index contributed by atoms with van der Waals surface area (Å²) in [6.45, 7) is 7.36. The molecule has 0 aromatic rings. The zero-order valence-corrected chi connectivity index (χ0v) is 13.2. The Balaban J connectivity index is 4.24. The number of aliphatic carboxylic acids is 1. The molecular weight excluding hydrogens is 274 g/mol. The standard InChI is InChI=1S/C14H27N3O4/c1-8(2)5-10(15)13(19)16-7-12(18)17-11(14(20)21)6-9(3)4/h8-11H,5-7,15H2,1-4H3,(H,16,19)(H,17,18)(H,20,21). The molecule has 0 aromatic heterocycles. The van der Waals surface area contributed by atoms with Crippen molar-refractivity contribution in [2.45, 2.75) is 52.6 Å². The van der Waals surface area contributed by atoms with Crippen LogP contribution in [0.3, 0.4) is 0 Å². The predicted octanol–water partition coefficient (Wildman–Crippen LogP) is 0.0915. The number of nitrogens with two attached hydrogens (primary N) is 1. The van der Waals surface area contributed by atoms with E-state index in [1.54, 1.807) is 0 Å². The molecule has 5 N–H and O–H groups in total. The first-order chi connectivity index (χ1) is 9.63. The SMILES string of the molecule is CC(C)CC(N)C(=O)NCC(=O)NC(CC(C)C)C(=O)O. The molecule has 0 aliphatic carbocycles. The Kier molecular flexibility index (Phi) is 8.61. The lowest BCUT2D eigenvalue weighted by atomic mass is 10.0. The van der Waals surface area contributed by atoms with Crippen LogP contribution in [0.15, 0.2) is 0 Å². The zero-order valence-electron chi connectivity index (χ0n) is 13.2. The number of hydrogen-bond acceptors (Lipinski definition) is 4. The number of carboxylic acid groups (broad SMARTS) is 1. The lowest BCUT2D eigenvalue weighted by molar-refractivity contribution is -0.142. The second-order valence-electron chi connectivity index (χ2n) is 6.04. The fourth-order valence-corrected chi connectivity index (χ4v) is 1.85. The van der Waals surface area contributed by atoms with Gasteiger partial charge in [0.2, 0.25) is 11.8 Å². The van der Waals surface area contributed by atoms with Crippen LogP contribution in [0.5, 0.6) is 0 Å². The second kappa shape index (κ2) is 9.33. The summed E-state index contributed by atoms with van der Waals surface area (Å²) in [7, 11) is 0. The van der Waals surface area contributed by atoms with Gasteiger partial charge in [-0.25, -0.2) is 4.79 Å². The molecule has 2 amide bonds. The van der Waals surface area contributed by atoms with Gasteiger partial charge in [0.05, 0.1) is 12.6 Å². The van der Waals surface area contributed by atoms with Gasteiger partial charge in [0, 0.05) is 0 Å². The van der Waals surface area contributed by atoms with Gasteiger partial charge in [0.25, 0.3) is 0 Å². The van der Waals surface area contributed by atoms with E-state index in [0.717, 1.165) is 0 Å². The van der Waals surface area contributed by atoms with Gasteiger partial charge in [-0.3, -0.25) is 9.59 Å². The van der Waals surface area contributed by atoms with Crippen LogP contribution < -0.4 is 16.4 Å². The monoisotopic (exact) mass is 301 g/mol. The van der Waals surface area contributed by atoms with Crippen molar-refractivity contribution < 1.29 is 19.5 Å². The quantitative estimate of drug-likeness (QED) is 0.481. The van der Waals surface area contributed by atoms with Crippen LogP contribution in [0.25, 0.3) is 0 Å².